The number of hydrogen-bond acceptors (Lipinski definition) is 2. The Morgan fingerprint density at radius 1 is 1.56 bits per heavy atom. The van der Waals surface area contributed by atoms with E-state index in [1.165, 1.54) is 11.3 Å². The largest absolute Gasteiger partial charge is 0.345 e. The second kappa shape index (κ2) is 4.76. The van der Waals surface area contributed by atoms with Gasteiger partial charge in [0.05, 0.1) is 10.4 Å². The quantitative estimate of drug-likeness (QED) is 0.827. The van der Waals surface area contributed by atoms with Crippen LogP contribution in [0.2, 0.25) is 0 Å². The highest BCUT2D eigenvalue weighted by molar-refractivity contribution is 7.12. The summed E-state index contributed by atoms with van der Waals surface area (Å²) in [6.07, 6.45) is 4.34. The minimum atomic E-state index is -0.158. The number of alkyl halides is 1. The molecular weight excluding hydrogens is 242 g/mol. The van der Waals surface area contributed by atoms with Crippen LogP contribution in [0.25, 0.3) is 0 Å². The molecule has 1 heterocycles. The van der Waals surface area contributed by atoms with Crippen LogP contribution in [0.4, 0.5) is 0 Å². The maximum absolute atomic E-state index is 12.1. The first-order chi connectivity index (χ1) is 7.67. The summed E-state index contributed by atoms with van der Waals surface area (Å²) in [6, 6.07) is 1.97. The van der Waals surface area contributed by atoms with Gasteiger partial charge in [-0.05, 0) is 36.8 Å². The lowest BCUT2D eigenvalue weighted by atomic mass is 10.0. The molecule has 0 radical (unpaired) electrons. The van der Waals surface area contributed by atoms with E-state index in [0.717, 1.165) is 36.1 Å². The Labute approximate surface area is 105 Å². The summed E-state index contributed by atoms with van der Waals surface area (Å²) in [4.78, 5) is 12.9. The highest BCUT2D eigenvalue weighted by Crippen LogP contribution is 2.31. The van der Waals surface area contributed by atoms with Gasteiger partial charge in [0, 0.05) is 5.88 Å². The van der Waals surface area contributed by atoms with E-state index in [4.69, 9.17) is 11.6 Å². The summed E-state index contributed by atoms with van der Waals surface area (Å²) in [5.41, 5.74) is 0.889. The average molecular weight is 258 g/mol. The van der Waals surface area contributed by atoms with Crippen LogP contribution in [0.3, 0.4) is 0 Å². The molecule has 1 aliphatic rings. The molecule has 0 atom stereocenters. The van der Waals surface area contributed by atoms with Gasteiger partial charge >= 0.3 is 0 Å². The third-order valence-corrected chi connectivity index (χ3v) is 4.79. The van der Waals surface area contributed by atoms with E-state index in [1.54, 1.807) is 0 Å². The molecule has 0 spiro atoms. The average Bonchev–Trinajstić information content (AvgIpc) is 2.87. The lowest BCUT2D eigenvalue weighted by Gasteiger charge is -2.27. The van der Waals surface area contributed by atoms with Gasteiger partial charge in [-0.3, -0.25) is 4.79 Å². The molecule has 2 rings (SSSR count). The number of amides is 1. The highest BCUT2D eigenvalue weighted by Gasteiger charge is 2.35. The topological polar surface area (TPSA) is 29.1 Å². The fraction of sp³-hybridized carbons (Fsp3) is 0.583. The summed E-state index contributed by atoms with van der Waals surface area (Å²) < 4.78 is 0. The molecule has 0 aromatic carbocycles. The molecule has 0 aliphatic heterocycles. The Kier molecular flexibility index (Phi) is 3.55. The molecule has 1 amide bonds. The van der Waals surface area contributed by atoms with Gasteiger partial charge in [0.25, 0.3) is 5.91 Å². The van der Waals surface area contributed by atoms with E-state index in [9.17, 15) is 4.79 Å². The summed E-state index contributed by atoms with van der Waals surface area (Å²) in [6.45, 7) is 1.97. The van der Waals surface area contributed by atoms with E-state index >= 15 is 0 Å². The zero-order chi connectivity index (χ0) is 11.6. The first-order valence-corrected chi connectivity index (χ1v) is 7.01. The molecule has 1 aromatic heterocycles. The van der Waals surface area contributed by atoms with Gasteiger partial charge in [0.15, 0.2) is 0 Å². The molecule has 16 heavy (non-hydrogen) atoms. The number of thiophene rings is 1. The molecule has 2 nitrogen and oxygen atoms in total. The van der Waals surface area contributed by atoms with Crippen molar-refractivity contribution < 1.29 is 4.79 Å². The Balaban J connectivity index is 2.09. The van der Waals surface area contributed by atoms with Crippen LogP contribution in [0.5, 0.6) is 0 Å². The van der Waals surface area contributed by atoms with Crippen molar-refractivity contribution in [2.75, 3.05) is 5.88 Å². The zero-order valence-corrected chi connectivity index (χ0v) is 11.0. The molecule has 1 fully saturated rings. The van der Waals surface area contributed by atoms with Gasteiger partial charge in [-0.25, -0.2) is 0 Å². The molecule has 1 N–H and O–H groups in total. The highest BCUT2D eigenvalue weighted by atomic mass is 35.5. The molecule has 4 heteroatoms. The van der Waals surface area contributed by atoms with E-state index in [0.29, 0.717) is 5.88 Å². The number of carbonyl (C=O) groups excluding carboxylic acids is 1. The number of halogens is 1. The Morgan fingerprint density at radius 3 is 2.75 bits per heavy atom. The molecule has 0 saturated heterocycles. The minimum absolute atomic E-state index is 0.0371. The van der Waals surface area contributed by atoms with Crippen molar-refractivity contribution in [3.63, 3.8) is 0 Å². The predicted molar refractivity (Wildman–Crippen MR) is 68.4 cm³/mol. The SMILES string of the molecule is Cc1ccsc1C(=O)NC1(CCl)CCCC1. The van der Waals surface area contributed by atoms with Gasteiger partial charge in [-0.2, -0.15) is 0 Å². The third kappa shape index (κ3) is 2.25. The Morgan fingerprint density at radius 2 is 2.25 bits per heavy atom. The van der Waals surface area contributed by atoms with Crippen LogP contribution < -0.4 is 5.32 Å². The van der Waals surface area contributed by atoms with Crippen molar-refractivity contribution >= 4 is 28.8 Å². The Hall–Kier alpha value is -0.540. The monoisotopic (exact) mass is 257 g/mol. The normalized spacial score (nSPS) is 18.6. The maximum Gasteiger partial charge on any atom is 0.262 e. The molecule has 88 valence electrons. The molecular formula is C12H16ClNOS. The number of carbonyl (C=O) groups is 1. The van der Waals surface area contributed by atoms with Gasteiger partial charge in [0.1, 0.15) is 0 Å². The van der Waals surface area contributed by atoms with E-state index < -0.39 is 0 Å². The van der Waals surface area contributed by atoms with E-state index in [-0.39, 0.29) is 11.4 Å². The van der Waals surface area contributed by atoms with Crippen LogP contribution in [-0.4, -0.2) is 17.3 Å². The van der Waals surface area contributed by atoms with Crippen molar-refractivity contribution in [2.45, 2.75) is 38.1 Å². The lowest BCUT2D eigenvalue weighted by molar-refractivity contribution is 0.0913. The van der Waals surface area contributed by atoms with Crippen molar-refractivity contribution in [2.24, 2.45) is 0 Å². The van der Waals surface area contributed by atoms with Gasteiger partial charge in [0.2, 0.25) is 0 Å². The standard InChI is InChI=1S/C12H16ClNOS/c1-9-4-7-16-10(9)11(15)14-12(8-13)5-2-3-6-12/h4,7H,2-3,5-6,8H2,1H3,(H,14,15). The van der Waals surface area contributed by atoms with Crippen LogP contribution in [0, 0.1) is 6.92 Å². The van der Waals surface area contributed by atoms with Crippen LogP contribution in [0.15, 0.2) is 11.4 Å². The molecule has 1 saturated carbocycles. The fourth-order valence-corrected chi connectivity index (χ4v) is 3.40. The smallest absolute Gasteiger partial charge is 0.262 e. The second-order valence-electron chi connectivity index (χ2n) is 4.51. The van der Waals surface area contributed by atoms with E-state index in [2.05, 4.69) is 5.32 Å². The maximum atomic E-state index is 12.1. The predicted octanol–water partition coefficient (Wildman–Crippen LogP) is 3.34. The third-order valence-electron chi connectivity index (χ3n) is 3.26. The van der Waals surface area contributed by atoms with Crippen LogP contribution in [-0.2, 0) is 0 Å². The van der Waals surface area contributed by atoms with Crippen molar-refractivity contribution in [1.82, 2.24) is 5.32 Å². The summed E-state index contributed by atoms with van der Waals surface area (Å²) in [7, 11) is 0. The number of aryl methyl sites for hydroxylation is 1. The van der Waals surface area contributed by atoms with Crippen LogP contribution in [0.1, 0.15) is 40.9 Å². The lowest BCUT2D eigenvalue weighted by Crippen LogP contribution is -2.47. The number of hydrogen-bond donors (Lipinski definition) is 1. The van der Waals surface area contributed by atoms with Crippen molar-refractivity contribution in [3.8, 4) is 0 Å². The second-order valence-corrected chi connectivity index (χ2v) is 5.69. The molecule has 1 aromatic rings. The molecule has 0 unspecified atom stereocenters. The fourth-order valence-electron chi connectivity index (χ4n) is 2.25. The minimum Gasteiger partial charge on any atom is -0.345 e. The first kappa shape index (κ1) is 11.9. The summed E-state index contributed by atoms with van der Waals surface area (Å²) in [5.74, 6) is 0.554. The summed E-state index contributed by atoms with van der Waals surface area (Å²) >= 11 is 7.49. The number of rotatable bonds is 3. The van der Waals surface area contributed by atoms with Crippen LogP contribution >= 0.6 is 22.9 Å². The summed E-state index contributed by atoms with van der Waals surface area (Å²) in [5, 5.41) is 5.08. The van der Waals surface area contributed by atoms with Gasteiger partial charge in [-0.1, -0.05) is 12.8 Å². The Bertz CT molecular complexity index is 382. The van der Waals surface area contributed by atoms with Crippen molar-refractivity contribution in [1.29, 1.82) is 0 Å². The molecule has 1 aliphatic carbocycles. The van der Waals surface area contributed by atoms with Gasteiger partial charge in [-0.15, -0.1) is 22.9 Å². The first-order valence-electron chi connectivity index (χ1n) is 5.59. The number of nitrogens with one attached hydrogen (secondary N) is 1. The van der Waals surface area contributed by atoms with E-state index in [1.807, 2.05) is 18.4 Å². The van der Waals surface area contributed by atoms with Crippen molar-refractivity contribution in [3.05, 3.63) is 21.9 Å². The zero-order valence-electron chi connectivity index (χ0n) is 9.38. The van der Waals surface area contributed by atoms with Gasteiger partial charge < -0.3 is 5.32 Å². The molecule has 0 bridgehead atoms.